The molecule has 6 heteroatoms. The molecule has 1 aromatic carbocycles. The number of piperidine rings is 1. The minimum Gasteiger partial charge on any atom is -0.465 e. The van der Waals surface area contributed by atoms with Crippen LogP contribution in [0.25, 0.3) is 0 Å². The van der Waals surface area contributed by atoms with E-state index in [1.54, 1.807) is 24.1 Å². The van der Waals surface area contributed by atoms with Gasteiger partial charge in [-0.15, -0.1) is 0 Å². The molecule has 0 atom stereocenters. The zero-order valence-corrected chi connectivity index (χ0v) is 16.9. The lowest BCUT2D eigenvalue weighted by Crippen LogP contribution is -2.46. The molecule has 6 nitrogen and oxygen atoms in total. The third-order valence-corrected chi connectivity index (χ3v) is 4.94. The van der Waals surface area contributed by atoms with Crippen molar-refractivity contribution in [3.63, 3.8) is 0 Å². The van der Waals surface area contributed by atoms with Gasteiger partial charge in [-0.05, 0) is 30.5 Å². The van der Waals surface area contributed by atoms with Crippen LogP contribution in [0.1, 0.15) is 49.5 Å². The molecule has 148 valence electrons. The summed E-state index contributed by atoms with van der Waals surface area (Å²) in [6.45, 7) is 7.52. The number of esters is 1. The number of hydrogen-bond donors (Lipinski definition) is 0. The Hall–Kier alpha value is -2.37. The Balaban J connectivity index is 1.89. The number of ether oxygens (including phenoxy) is 1. The van der Waals surface area contributed by atoms with Crippen LogP contribution >= 0.6 is 0 Å². The molecule has 1 fully saturated rings. The Labute approximate surface area is 161 Å². The lowest BCUT2D eigenvalue weighted by atomic mass is 9.90. The number of rotatable bonds is 4. The number of methoxy groups -OCH3 is 1. The molecule has 0 aromatic heterocycles. The first-order chi connectivity index (χ1) is 12.6. The van der Waals surface area contributed by atoms with Crippen molar-refractivity contribution in [1.82, 2.24) is 9.80 Å². The van der Waals surface area contributed by atoms with Crippen molar-refractivity contribution in [2.45, 2.75) is 40.2 Å². The summed E-state index contributed by atoms with van der Waals surface area (Å²) in [6, 6.07) is 7.08. The number of benzene rings is 1. The summed E-state index contributed by atoms with van der Waals surface area (Å²) in [4.78, 5) is 40.2. The molecule has 2 rings (SSSR count). The van der Waals surface area contributed by atoms with Crippen LogP contribution < -0.4 is 0 Å². The van der Waals surface area contributed by atoms with E-state index in [1.165, 1.54) is 7.11 Å². The number of carbonyl (C=O) groups excluding carboxylic acids is 3. The molecule has 1 heterocycles. The summed E-state index contributed by atoms with van der Waals surface area (Å²) in [5.74, 6) is -0.168. The van der Waals surface area contributed by atoms with Gasteiger partial charge in [0, 0.05) is 38.0 Å². The number of amides is 2. The van der Waals surface area contributed by atoms with Gasteiger partial charge in [0.2, 0.25) is 11.8 Å². The Kier molecular flexibility index (Phi) is 6.63. The highest BCUT2D eigenvalue weighted by molar-refractivity contribution is 5.89. The van der Waals surface area contributed by atoms with Gasteiger partial charge in [0.05, 0.1) is 12.7 Å². The normalized spacial score (nSPS) is 15.4. The largest absolute Gasteiger partial charge is 0.465 e. The highest BCUT2D eigenvalue weighted by Gasteiger charge is 2.33. The minimum absolute atomic E-state index is 0.0478. The number of carbonyl (C=O) groups is 3. The van der Waals surface area contributed by atoms with Crippen molar-refractivity contribution in [2.24, 2.45) is 11.3 Å². The van der Waals surface area contributed by atoms with Crippen molar-refractivity contribution < 1.29 is 19.1 Å². The van der Waals surface area contributed by atoms with E-state index < -0.39 is 0 Å². The molecule has 0 spiro atoms. The second-order valence-corrected chi connectivity index (χ2v) is 8.20. The maximum Gasteiger partial charge on any atom is 0.337 e. The van der Waals surface area contributed by atoms with E-state index in [-0.39, 0.29) is 29.1 Å². The van der Waals surface area contributed by atoms with Crippen LogP contribution in [0, 0.1) is 11.3 Å². The van der Waals surface area contributed by atoms with Gasteiger partial charge < -0.3 is 14.5 Å². The molecule has 27 heavy (non-hydrogen) atoms. The Morgan fingerprint density at radius 3 is 2.15 bits per heavy atom. The summed E-state index contributed by atoms with van der Waals surface area (Å²) in [5.41, 5.74) is 1.06. The van der Waals surface area contributed by atoms with Crippen LogP contribution in [0.4, 0.5) is 0 Å². The van der Waals surface area contributed by atoms with Crippen LogP contribution in [0.15, 0.2) is 24.3 Å². The van der Waals surface area contributed by atoms with Crippen LogP contribution in [0.2, 0.25) is 0 Å². The standard InChI is InChI=1S/C21H30N2O4/c1-21(2,3)20(26)23-12-10-16(11-13-23)18(24)22(4)14-15-6-8-17(9-7-15)19(25)27-5/h6-9,16H,10-14H2,1-5H3. The molecule has 1 saturated heterocycles. The summed E-state index contributed by atoms with van der Waals surface area (Å²) in [5, 5.41) is 0. The number of hydrogen-bond acceptors (Lipinski definition) is 4. The van der Waals surface area contributed by atoms with E-state index in [0.717, 1.165) is 5.56 Å². The summed E-state index contributed by atoms with van der Waals surface area (Å²) in [7, 11) is 3.15. The average Bonchev–Trinajstić information content (AvgIpc) is 2.66. The van der Waals surface area contributed by atoms with Gasteiger partial charge in [-0.3, -0.25) is 9.59 Å². The summed E-state index contributed by atoms with van der Waals surface area (Å²) in [6.07, 6.45) is 1.40. The third kappa shape index (κ3) is 5.31. The van der Waals surface area contributed by atoms with E-state index in [9.17, 15) is 14.4 Å². The molecule has 2 amide bonds. The van der Waals surface area contributed by atoms with Crippen molar-refractivity contribution in [1.29, 1.82) is 0 Å². The van der Waals surface area contributed by atoms with Gasteiger partial charge in [-0.25, -0.2) is 4.79 Å². The molecule has 1 aliphatic rings. The van der Waals surface area contributed by atoms with Crippen molar-refractivity contribution in [3.8, 4) is 0 Å². The van der Waals surface area contributed by atoms with Crippen LogP contribution in [-0.2, 0) is 20.9 Å². The van der Waals surface area contributed by atoms with Crippen LogP contribution in [0.3, 0.4) is 0 Å². The topological polar surface area (TPSA) is 66.9 Å². The molecular weight excluding hydrogens is 344 g/mol. The molecule has 0 saturated carbocycles. The summed E-state index contributed by atoms with van der Waals surface area (Å²) >= 11 is 0. The first-order valence-corrected chi connectivity index (χ1v) is 9.35. The van der Waals surface area contributed by atoms with Gasteiger partial charge in [0.1, 0.15) is 0 Å². The Morgan fingerprint density at radius 1 is 1.11 bits per heavy atom. The molecule has 1 aromatic rings. The van der Waals surface area contributed by atoms with Crippen molar-refractivity contribution in [2.75, 3.05) is 27.2 Å². The van der Waals surface area contributed by atoms with E-state index in [1.807, 2.05) is 37.8 Å². The van der Waals surface area contributed by atoms with Gasteiger partial charge in [-0.1, -0.05) is 32.9 Å². The first kappa shape index (κ1) is 20.9. The van der Waals surface area contributed by atoms with Crippen LogP contribution in [-0.4, -0.2) is 54.8 Å². The van der Waals surface area contributed by atoms with E-state index >= 15 is 0 Å². The monoisotopic (exact) mass is 374 g/mol. The SMILES string of the molecule is COC(=O)c1ccc(CN(C)C(=O)C2CCN(C(=O)C(C)(C)C)CC2)cc1. The zero-order valence-electron chi connectivity index (χ0n) is 16.9. The quantitative estimate of drug-likeness (QED) is 0.760. The lowest BCUT2D eigenvalue weighted by molar-refractivity contribution is -0.144. The second kappa shape index (κ2) is 8.55. The van der Waals surface area contributed by atoms with Gasteiger partial charge >= 0.3 is 5.97 Å². The predicted molar refractivity (Wildman–Crippen MR) is 103 cm³/mol. The van der Waals surface area contributed by atoms with Crippen molar-refractivity contribution >= 4 is 17.8 Å². The lowest BCUT2D eigenvalue weighted by Gasteiger charge is -2.36. The summed E-state index contributed by atoms with van der Waals surface area (Å²) < 4.78 is 4.69. The average molecular weight is 374 g/mol. The molecule has 0 unspecified atom stereocenters. The Bertz CT molecular complexity index is 683. The molecule has 0 N–H and O–H groups in total. The number of nitrogens with zero attached hydrogens (tertiary/aromatic N) is 2. The van der Waals surface area contributed by atoms with Crippen LogP contribution in [0.5, 0.6) is 0 Å². The highest BCUT2D eigenvalue weighted by atomic mass is 16.5. The molecule has 0 bridgehead atoms. The van der Waals surface area contributed by atoms with Gasteiger partial charge in [0.15, 0.2) is 0 Å². The fraction of sp³-hybridized carbons (Fsp3) is 0.571. The van der Waals surface area contributed by atoms with Gasteiger partial charge in [-0.2, -0.15) is 0 Å². The van der Waals surface area contributed by atoms with E-state index in [2.05, 4.69) is 4.74 Å². The maximum atomic E-state index is 12.7. The van der Waals surface area contributed by atoms with Crippen molar-refractivity contribution in [3.05, 3.63) is 35.4 Å². The number of likely N-dealkylation sites (tertiary alicyclic amines) is 1. The Morgan fingerprint density at radius 2 is 1.67 bits per heavy atom. The zero-order chi connectivity index (χ0) is 20.2. The van der Waals surface area contributed by atoms with Gasteiger partial charge in [0.25, 0.3) is 0 Å². The fourth-order valence-electron chi connectivity index (χ4n) is 3.33. The minimum atomic E-state index is -0.385. The molecule has 1 aliphatic heterocycles. The third-order valence-electron chi connectivity index (χ3n) is 4.94. The fourth-order valence-corrected chi connectivity index (χ4v) is 3.33. The molecule has 0 aliphatic carbocycles. The first-order valence-electron chi connectivity index (χ1n) is 9.35. The van der Waals surface area contributed by atoms with E-state index in [0.29, 0.717) is 38.0 Å². The van der Waals surface area contributed by atoms with E-state index in [4.69, 9.17) is 0 Å². The second-order valence-electron chi connectivity index (χ2n) is 8.20. The molecule has 0 radical (unpaired) electrons. The smallest absolute Gasteiger partial charge is 0.337 e. The predicted octanol–water partition coefficient (Wildman–Crippen LogP) is 2.72. The maximum absolute atomic E-state index is 12.7. The molecular formula is C21H30N2O4. The highest BCUT2D eigenvalue weighted by Crippen LogP contribution is 2.25.